The molecule has 1 saturated carbocycles. The van der Waals surface area contributed by atoms with Crippen LogP contribution >= 0.6 is 11.8 Å². The van der Waals surface area contributed by atoms with Gasteiger partial charge in [0, 0.05) is 5.69 Å². The average molecular weight is 424 g/mol. The van der Waals surface area contributed by atoms with Crippen molar-refractivity contribution < 1.29 is 9.53 Å². The van der Waals surface area contributed by atoms with Gasteiger partial charge in [-0.05, 0) is 80.3 Å². The summed E-state index contributed by atoms with van der Waals surface area (Å²) in [6.07, 6.45) is 5.74. The molecular formula is C26H33NO2S. The fourth-order valence-electron chi connectivity index (χ4n) is 4.95. The van der Waals surface area contributed by atoms with Crippen LogP contribution in [0.5, 0.6) is 11.5 Å². The number of carbonyl (C=O) groups excluding carboxylic acids is 1. The molecule has 1 spiro atoms. The number of hydrogen-bond acceptors (Lipinski definition) is 3. The lowest BCUT2D eigenvalue weighted by Gasteiger charge is -2.46. The summed E-state index contributed by atoms with van der Waals surface area (Å²) in [4.78, 5) is 15.2. The molecule has 2 aromatic carbocycles. The summed E-state index contributed by atoms with van der Waals surface area (Å²) in [6.45, 7) is 9.15. The van der Waals surface area contributed by atoms with Crippen LogP contribution in [0.3, 0.4) is 0 Å². The van der Waals surface area contributed by atoms with E-state index >= 15 is 0 Å². The fraction of sp³-hybridized carbons (Fsp3) is 0.500. The second-order valence-corrected chi connectivity index (χ2v) is 11.1. The van der Waals surface area contributed by atoms with Gasteiger partial charge in [0.05, 0.1) is 10.1 Å². The summed E-state index contributed by atoms with van der Waals surface area (Å²) in [6, 6.07) is 17.8. The predicted molar refractivity (Wildman–Crippen MR) is 126 cm³/mol. The van der Waals surface area contributed by atoms with Gasteiger partial charge in [-0.3, -0.25) is 9.69 Å². The molecule has 0 radical (unpaired) electrons. The van der Waals surface area contributed by atoms with Gasteiger partial charge < -0.3 is 4.74 Å². The van der Waals surface area contributed by atoms with E-state index in [0.29, 0.717) is 5.41 Å². The molecule has 1 unspecified atom stereocenters. The minimum Gasteiger partial charge on any atom is -0.457 e. The smallest absolute Gasteiger partial charge is 0.241 e. The number of hydrogen-bond donors (Lipinski definition) is 0. The van der Waals surface area contributed by atoms with Crippen LogP contribution in [-0.4, -0.2) is 16.0 Å². The Morgan fingerprint density at radius 3 is 2.23 bits per heavy atom. The summed E-state index contributed by atoms with van der Waals surface area (Å²) >= 11 is 1.87. The van der Waals surface area contributed by atoms with Crippen molar-refractivity contribution in [3.63, 3.8) is 0 Å². The topological polar surface area (TPSA) is 29.5 Å². The molecule has 3 nitrogen and oxygen atoms in total. The number of para-hydroxylation sites is 1. The number of rotatable bonds is 5. The quantitative estimate of drug-likeness (QED) is 0.506. The first-order valence-electron chi connectivity index (χ1n) is 11.2. The summed E-state index contributed by atoms with van der Waals surface area (Å²) in [5.41, 5.74) is 1.37. The third-order valence-electron chi connectivity index (χ3n) is 7.23. The van der Waals surface area contributed by atoms with Gasteiger partial charge in [-0.15, -0.1) is 11.8 Å². The lowest BCUT2D eigenvalue weighted by Crippen LogP contribution is -2.48. The van der Waals surface area contributed by atoms with Crippen LogP contribution in [0.2, 0.25) is 0 Å². The van der Waals surface area contributed by atoms with Crippen molar-refractivity contribution in [3.8, 4) is 11.5 Å². The first-order valence-corrected chi connectivity index (χ1v) is 12.1. The molecular weight excluding hydrogens is 390 g/mol. The van der Waals surface area contributed by atoms with E-state index in [-0.39, 0.29) is 16.0 Å². The van der Waals surface area contributed by atoms with Crippen LogP contribution in [0, 0.1) is 11.3 Å². The number of thioether (sulfide) groups is 1. The maximum atomic E-state index is 13.2. The third-order valence-corrected chi connectivity index (χ3v) is 8.81. The van der Waals surface area contributed by atoms with E-state index in [0.717, 1.165) is 35.9 Å². The molecule has 2 aromatic rings. The highest BCUT2D eigenvalue weighted by atomic mass is 32.2. The average Bonchev–Trinajstić information content (AvgIpc) is 2.99. The van der Waals surface area contributed by atoms with Crippen molar-refractivity contribution in [2.45, 2.75) is 69.9 Å². The molecule has 1 atom stereocenters. The molecule has 2 aliphatic rings. The number of carbonyl (C=O) groups is 1. The molecule has 1 heterocycles. The number of benzene rings is 2. The van der Waals surface area contributed by atoms with Gasteiger partial charge in [0.1, 0.15) is 11.5 Å². The molecule has 2 fully saturated rings. The van der Waals surface area contributed by atoms with E-state index < -0.39 is 0 Å². The highest BCUT2D eigenvalue weighted by molar-refractivity contribution is 8.02. The molecule has 0 N–H and O–H groups in total. The van der Waals surface area contributed by atoms with Gasteiger partial charge in [-0.1, -0.05) is 45.4 Å². The minimum absolute atomic E-state index is 0.0148. The summed E-state index contributed by atoms with van der Waals surface area (Å²) in [5, 5.41) is 0.0148. The number of anilines is 1. The molecule has 1 saturated heterocycles. The van der Waals surface area contributed by atoms with Crippen LogP contribution in [0.4, 0.5) is 5.69 Å². The zero-order valence-corrected chi connectivity index (χ0v) is 19.4. The fourth-order valence-corrected chi connectivity index (χ4v) is 6.58. The maximum absolute atomic E-state index is 13.2. The Bertz CT molecular complexity index is 870. The Hall–Kier alpha value is -1.94. The molecule has 4 rings (SSSR count). The predicted octanol–water partition coefficient (Wildman–Crippen LogP) is 7.27. The van der Waals surface area contributed by atoms with Crippen molar-refractivity contribution in [3.05, 3.63) is 54.6 Å². The zero-order chi connectivity index (χ0) is 21.4. The lowest BCUT2D eigenvalue weighted by atomic mass is 9.68. The lowest BCUT2D eigenvalue weighted by molar-refractivity contribution is -0.118. The molecule has 0 aromatic heterocycles. The molecule has 160 valence electrons. The van der Waals surface area contributed by atoms with Crippen molar-refractivity contribution in [1.29, 1.82) is 0 Å². The highest BCUT2D eigenvalue weighted by Gasteiger charge is 2.53. The van der Waals surface area contributed by atoms with E-state index in [9.17, 15) is 4.79 Å². The Morgan fingerprint density at radius 1 is 1.03 bits per heavy atom. The van der Waals surface area contributed by atoms with Gasteiger partial charge >= 0.3 is 0 Å². The van der Waals surface area contributed by atoms with Crippen molar-refractivity contribution in [2.24, 2.45) is 11.3 Å². The first-order chi connectivity index (χ1) is 14.3. The summed E-state index contributed by atoms with van der Waals surface area (Å²) in [5.74, 6) is 2.59. The van der Waals surface area contributed by atoms with Crippen molar-refractivity contribution in [2.75, 3.05) is 4.90 Å². The Kier molecular flexibility index (Phi) is 5.89. The van der Waals surface area contributed by atoms with E-state index in [1.807, 2.05) is 66.4 Å². The largest absolute Gasteiger partial charge is 0.457 e. The standard InChI is InChI=1S/C26H33NO2S/c1-5-25(3,4)20-15-17-26(18-16-20)27(24(28)19(2)30-26)21-11-13-23(14-12-21)29-22-9-7-6-8-10-22/h6-14,19-20H,5,15-18H2,1-4H3. The second kappa shape index (κ2) is 8.30. The molecule has 1 aliphatic heterocycles. The third kappa shape index (κ3) is 3.99. The van der Waals surface area contributed by atoms with Crippen LogP contribution in [-0.2, 0) is 4.79 Å². The van der Waals surface area contributed by atoms with Gasteiger partial charge in [-0.25, -0.2) is 0 Å². The van der Waals surface area contributed by atoms with Gasteiger partial charge in [0.15, 0.2) is 0 Å². The van der Waals surface area contributed by atoms with E-state index in [4.69, 9.17) is 4.74 Å². The van der Waals surface area contributed by atoms with Crippen LogP contribution in [0.15, 0.2) is 54.6 Å². The van der Waals surface area contributed by atoms with Crippen LogP contribution in [0.1, 0.15) is 59.8 Å². The Balaban J connectivity index is 1.54. The van der Waals surface area contributed by atoms with Crippen molar-refractivity contribution in [1.82, 2.24) is 0 Å². The van der Waals surface area contributed by atoms with Crippen LogP contribution < -0.4 is 9.64 Å². The van der Waals surface area contributed by atoms with E-state index in [1.54, 1.807) is 0 Å². The molecule has 4 heteroatoms. The number of ether oxygens (including phenoxy) is 1. The monoisotopic (exact) mass is 423 g/mol. The zero-order valence-electron chi connectivity index (χ0n) is 18.6. The molecule has 1 aliphatic carbocycles. The SMILES string of the molecule is CCC(C)(C)C1CCC2(CC1)SC(C)C(=O)N2c1ccc(Oc2ccccc2)cc1. The van der Waals surface area contributed by atoms with Crippen molar-refractivity contribution >= 4 is 23.4 Å². The minimum atomic E-state index is -0.0986. The van der Waals surface area contributed by atoms with Crippen LogP contribution in [0.25, 0.3) is 0 Å². The highest BCUT2D eigenvalue weighted by Crippen LogP contribution is 2.55. The normalized spacial score (nSPS) is 26.9. The van der Waals surface area contributed by atoms with Gasteiger partial charge in [0.2, 0.25) is 5.91 Å². The maximum Gasteiger partial charge on any atom is 0.241 e. The first kappa shape index (κ1) is 21.3. The van der Waals surface area contributed by atoms with Gasteiger partial charge in [-0.2, -0.15) is 0 Å². The van der Waals surface area contributed by atoms with E-state index in [2.05, 4.69) is 32.6 Å². The molecule has 30 heavy (non-hydrogen) atoms. The Labute approximate surface area is 185 Å². The summed E-state index contributed by atoms with van der Waals surface area (Å²) in [7, 11) is 0. The molecule has 0 bridgehead atoms. The molecule has 1 amide bonds. The second-order valence-electron chi connectivity index (χ2n) is 9.41. The van der Waals surface area contributed by atoms with Gasteiger partial charge in [0.25, 0.3) is 0 Å². The number of nitrogens with zero attached hydrogens (tertiary/aromatic N) is 1. The number of amides is 1. The van der Waals surface area contributed by atoms with E-state index in [1.165, 1.54) is 19.3 Å². The summed E-state index contributed by atoms with van der Waals surface area (Å²) < 4.78 is 5.94. The Morgan fingerprint density at radius 2 is 1.63 bits per heavy atom.